The van der Waals surface area contributed by atoms with Gasteiger partial charge in [0, 0.05) is 5.30 Å². The van der Waals surface area contributed by atoms with Crippen LogP contribution in [0.4, 0.5) is 0 Å². The highest BCUT2D eigenvalue weighted by atomic mass is 31.2. The molecule has 1 aromatic carbocycles. The van der Waals surface area contributed by atoms with Gasteiger partial charge in [-0.1, -0.05) is 57.7 Å². The number of benzene rings is 1. The molecular weight excluding hydrogens is 311 g/mol. The summed E-state index contributed by atoms with van der Waals surface area (Å²) in [4.78, 5) is 12.0. The van der Waals surface area contributed by atoms with Gasteiger partial charge in [0.25, 0.3) is 0 Å². The molecule has 0 N–H and O–H groups in total. The Bertz CT molecular complexity index is 487. The van der Waals surface area contributed by atoms with E-state index in [9.17, 15) is 9.36 Å². The number of carbonyl (C=O) groups is 1. The van der Waals surface area contributed by atoms with E-state index in [1.807, 2.05) is 18.2 Å². The van der Waals surface area contributed by atoms with Crippen molar-refractivity contribution >= 4 is 18.6 Å². The lowest BCUT2D eigenvalue weighted by Crippen LogP contribution is -2.19. The van der Waals surface area contributed by atoms with Crippen LogP contribution >= 0.6 is 7.37 Å². The SMILES string of the molecule is CCCCCOC(=O)CP(=O)(OCCCCC)c1ccccc1. The van der Waals surface area contributed by atoms with Crippen LogP contribution in [0.25, 0.3) is 0 Å². The highest BCUT2D eigenvalue weighted by Crippen LogP contribution is 2.45. The smallest absolute Gasteiger partial charge is 0.315 e. The molecule has 0 aliphatic rings. The molecule has 0 radical (unpaired) electrons. The number of hydrogen-bond acceptors (Lipinski definition) is 4. The molecule has 0 bridgehead atoms. The van der Waals surface area contributed by atoms with E-state index >= 15 is 0 Å². The first kappa shape index (κ1) is 19.9. The topological polar surface area (TPSA) is 52.6 Å². The van der Waals surface area contributed by atoms with Crippen LogP contribution in [0.1, 0.15) is 52.4 Å². The average molecular weight is 340 g/mol. The van der Waals surface area contributed by atoms with Gasteiger partial charge < -0.3 is 9.26 Å². The van der Waals surface area contributed by atoms with E-state index in [1.54, 1.807) is 12.1 Å². The van der Waals surface area contributed by atoms with E-state index in [0.717, 1.165) is 38.5 Å². The zero-order valence-corrected chi connectivity index (χ0v) is 15.2. The maximum Gasteiger partial charge on any atom is 0.315 e. The van der Waals surface area contributed by atoms with Crippen LogP contribution < -0.4 is 5.30 Å². The molecule has 0 saturated carbocycles. The third-order valence-corrected chi connectivity index (χ3v) is 5.90. The Hall–Kier alpha value is -1.12. The maximum atomic E-state index is 13.2. The summed E-state index contributed by atoms with van der Waals surface area (Å²) >= 11 is 0. The van der Waals surface area contributed by atoms with Crippen molar-refractivity contribution in [1.82, 2.24) is 0 Å². The standard InChI is InChI=1S/C18H29O4P/c1-3-5-10-14-21-18(19)16-23(20,22-15-11-6-4-2)17-12-8-7-9-13-17/h7-9,12-13H,3-6,10-11,14-16H2,1-2H3. The Balaban J connectivity index is 2.64. The molecule has 130 valence electrons. The van der Waals surface area contributed by atoms with Gasteiger partial charge in [0.2, 0.25) is 7.37 Å². The van der Waals surface area contributed by atoms with Crippen molar-refractivity contribution in [2.45, 2.75) is 52.4 Å². The number of hydrogen-bond donors (Lipinski definition) is 0. The molecule has 1 atom stereocenters. The van der Waals surface area contributed by atoms with E-state index in [2.05, 4.69) is 13.8 Å². The Morgan fingerprint density at radius 3 is 2.17 bits per heavy atom. The van der Waals surface area contributed by atoms with E-state index in [-0.39, 0.29) is 6.16 Å². The second-order valence-corrected chi connectivity index (χ2v) is 8.07. The normalized spacial score (nSPS) is 13.5. The molecule has 0 aliphatic carbocycles. The van der Waals surface area contributed by atoms with Gasteiger partial charge in [-0.3, -0.25) is 9.36 Å². The summed E-state index contributed by atoms with van der Waals surface area (Å²) in [5.74, 6) is -0.441. The van der Waals surface area contributed by atoms with Gasteiger partial charge in [0.05, 0.1) is 13.2 Å². The molecular formula is C18H29O4P. The molecule has 1 aromatic rings. The lowest BCUT2D eigenvalue weighted by atomic mass is 10.3. The third kappa shape index (κ3) is 7.81. The zero-order valence-electron chi connectivity index (χ0n) is 14.3. The molecule has 23 heavy (non-hydrogen) atoms. The van der Waals surface area contributed by atoms with E-state index in [0.29, 0.717) is 18.5 Å². The van der Waals surface area contributed by atoms with Crippen molar-refractivity contribution in [2.24, 2.45) is 0 Å². The fraction of sp³-hybridized carbons (Fsp3) is 0.611. The van der Waals surface area contributed by atoms with E-state index < -0.39 is 13.3 Å². The monoisotopic (exact) mass is 340 g/mol. The van der Waals surface area contributed by atoms with Gasteiger partial charge in [-0.05, 0) is 25.0 Å². The lowest BCUT2D eigenvalue weighted by molar-refractivity contribution is -0.140. The summed E-state index contributed by atoms with van der Waals surface area (Å²) in [5.41, 5.74) is 0. The highest BCUT2D eigenvalue weighted by Gasteiger charge is 2.30. The zero-order chi connectivity index (χ0) is 17.0. The van der Waals surface area contributed by atoms with Crippen LogP contribution in [0.15, 0.2) is 30.3 Å². The summed E-state index contributed by atoms with van der Waals surface area (Å²) in [5, 5.41) is 0.585. The minimum Gasteiger partial charge on any atom is -0.465 e. The summed E-state index contributed by atoms with van der Waals surface area (Å²) in [6.45, 7) is 4.99. The van der Waals surface area contributed by atoms with Gasteiger partial charge in [-0.15, -0.1) is 0 Å². The minimum atomic E-state index is -3.20. The Morgan fingerprint density at radius 1 is 0.957 bits per heavy atom. The van der Waals surface area contributed by atoms with Crippen molar-refractivity contribution in [1.29, 1.82) is 0 Å². The molecule has 5 heteroatoms. The number of unbranched alkanes of at least 4 members (excludes halogenated alkanes) is 4. The Kier molecular flexibility index (Phi) is 9.89. The van der Waals surface area contributed by atoms with Crippen molar-refractivity contribution < 1.29 is 18.6 Å². The van der Waals surface area contributed by atoms with Crippen LogP contribution in [0.5, 0.6) is 0 Å². The molecule has 0 saturated heterocycles. The maximum absolute atomic E-state index is 13.2. The van der Waals surface area contributed by atoms with Crippen LogP contribution in [-0.2, 0) is 18.6 Å². The molecule has 0 fully saturated rings. The van der Waals surface area contributed by atoms with E-state index in [1.165, 1.54) is 0 Å². The molecule has 0 aromatic heterocycles. The van der Waals surface area contributed by atoms with Gasteiger partial charge in [0.1, 0.15) is 6.16 Å². The Morgan fingerprint density at radius 2 is 1.57 bits per heavy atom. The van der Waals surface area contributed by atoms with Crippen molar-refractivity contribution in [2.75, 3.05) is 19.4 Å². The Labute approximate surface area is 140 Å². The van der Waals surface area contributed by atoms with Crippen LogP contribution in [0, 0.1) is 0 Å². The van der Waals surface area contributed by atoms with Gasteiger partial charge in [-0.2, -0.15) is 0 Å². The number of carbonyl (C=O) groups excluding carboxylic acids is 1. The number of ether oxygens (including phenoxy) is 1. The van der Waals surface area contributed by atoms with Crippen LogP contribution in [0.3, 0.4) is 0 Å². The fourth-order valence-electron chi connectivity index (χ4n) is 2.18. The molecule has 0 heterocycles. The first-order valence-electron chi connectivity index (χ1n) is 8.57. The third-order valence-electron chi connectivity index (χ3n) is 3.55. The largest absolute Gasteiger partial charge is 0.465 e. The first-order chi connectivity index (χ1) is 11.1. The lowest BCUT2D eigenvalue weighted by Gasteiger charge is -2.18. The summed E-state index contributed by atoms with van der Waals surface area (Å²) in [6, 6.07) is 8.98. The van der Waals surface area contributed by atoms with Crippen molar-refractivity contribution in [3.05, 3.63) is 30.3 Å². The minimum absolute atomic E-state index is 0.185. The van der Waals surface area contributed by atoms with Crippen LogP contribution in [-0.4, -0.2) is 25.3 Å². The highest BCUT2D eigenvalue weighted by molar-refractivity contribution is 7.67. The molecule has 0 aliphatic heterocycles. The van der Waals surface area contributed by atoms with Crippen molar-refractivity contribution in [3.8, 4) is 0 Å². The number of esters is 1. The summed E-state index contributed by atoms with van der Waals surface area (Å²) in [7, 11) is -3.20. The summed E-state index contributed by atoms with van der Waals surface area (Å²) in [6.07, 6.45) is 5.69. The average Bonchev–Trinajstić information content (AvgIpc) is 2.56. The first-order valence-corrected chi connectivity index (χ1v) is 10.4. The van der Waals surface area contributed by atoms with E-state index in [4.69, 9.17) is 9.26 Å². The fourth-order valence-corrected chi connectivity index (χ4v) is 4.09. The van der Waals surface area contributed by atoms with Gasteiger partial charge in [0.15, 0.2) is 0 Å². The molecule has 1 rings (SSSR count). The van der Waals surface area contributed by atoms with Crippen molar-refractivity contribution in [3.63, 3.8) is 0 Å². The van der Waals surface area contributed by atoms with Gasteiger partial charge in [-0.25, -0.2) is 0 Å². The second kappa shape index (κ2) is 11.4. The molecule has 4 nitrogen and oxygen atoms in total. The molecule has 1 unspecified atom stereocenters. The predicted molar refractivity (Wildman–Crippen MR) is 94.5 cm³/mol. The van der Waals surface area contributed by atoms with Gasteiger partial charge >= 0.3 is 5.97 Å². The second-order valence-electron chi connectivity index (χ2n) is 5.63. The van der Waals surface area contributed by atoms with Crippen LogP contribution in [0.2, 0.25) is 0 Å². The quantitative estimate of drug-likeness (QED) is 0.319. The molecule has 0 spiro atoms. The number of rotatable bonds is 12. The molecule has 0 amide bonds. The summed E-state index contributed by atoms with van der Waals surface area (Å²) < 4.78 is 24.0. The predicted octanol–water partition coefficient (Wildman–Crippen LogP) is 4.53.